The van der Waals surface area contributed by atoms with Crippen LogP contribution in [0.15, 0.2) is 9.98 Å². The van der Waals surface area contributed by atoms with Crippen LogP contribution in [0.1, 0.15) is 13.3 Å². The molecule has 0 aromatic carbocycles. The van der Waals surface area contributed by atoms with Gasteiger partial charge in [-0.1, -0.05) is 41.1 Å². The minimum Gasteiger partial charge on any atom is -0.272 e. The van der Waals surface area contributed by atoms with Crippen LogP contribution in [0.5, 0.6) is 0 Å². The van der Waals surface area contributed by atoms with Gasteiger partial charge >= 0.3 is 0 Å². The Morgan fingerprint density at radius 3 is 3.00 bits per heavy atom. The highest BCUT2D eigenvalue weighted by atomic mass is 127. The highest BCUT2D eigenvalue weighted by molar-refractivity contribution is 14.1. The lowest BCUT2D eigenvalue weighted by atomic mass is 10.1. The molecule has 0 aliphatic carbocycles. The molecule has 1 atom stereocenters. The number of nitrogens with zero attached hydrogens (tertiary/aromatic N) is 2. The predicted octanol–water partition coefficient (Wildman–Crippen LogP) is 2.25. The molecule has 0 spiro atoms. The summed E-state index contributed by atoms with van der Waals surface area (Å²) in [5.41, 5.74) is 0. The molecule has 0 fully saturated rings. The zero-order chi connectivity index (χ0) is 7.61. The van der Waals surface area contributed by atoms with E-state index in [9.17, 15) is 0 Å². The second-order valence-electron chi connectivity index (χ2n) is 2.12. The molecule has 0 bridgehead atoms. The summed E-state index contributed by atoms with van der Waals surface area (Å²) in [5, 5.41) is 0.672. The molecule has 1 heterocycles. The summed E-state index contributed by atoms with van der Waals surface area (Å²) in [5.74, 6) is 0. The van der Waals surface area contributed by atoms with E-state index < -0.39 is 0 Å². The van der Waals surface area contributed by atoms with Gasteiger partial charge in [0.15, 0.2) is 0 Å². The van der Waals surface area contributed by atoms with Crippen molar-refractivity contribution in [2.75, 3.05) is 6.67 Å². The monoisotopic (exact) mass is 270 g/mol. The molecule has 0 saturated carbocycles. The van der Waals surface area contributed by atoms with Gasteiger partial charge in [0.25, 0.3) is 0 Å². The minimum absolute atomic E-state index is 0.127. The summed E-state index contributed by atoms with van der Waals surface area (Å²) in [6.07, 6.45) is 2.82. The number of hydrogen-bond acceptors (Lipinski definition) is 2. The maximum Gasteiger partial charge on any atom is 0.130 e. The maximum atomic E-state index is 5.88. The average molecular weight is 271 g/mol. The van der Waals surface area contributed by atoms with E-state index in [1.807, 2.05) is 6.21 Å². The second kappa shape index (κ2) is 3.17. The van der Waals surface area contributed by atoms with E-state index in [2.05, 4.69) is 39.5 Å². The van der Waals surface area contributed by atoms with Gasteiger partial charge in [0.1, 0.15) is 15.3 Å². The van der Waals surface area contributed by atoms with Gasteiger partial charge in [0.2, 0.25) is 0 Å². The van der Waals surface area contributed by atoms with Crippen molar-refractivity contribution in [3.05, 3.63) is 0 Å². The third kappa shape index (κ3) is 1.50. The quantitative estimate of drug-likeness (QED) is 0.516. The fraction of sp³-hybridized carbons (Fsp3) is 0.667. The molecule has 1 aliphatic rings. The first-order valence-electron chi connectivity index (χ1n) is 3.09. The molecule has 1 unspecified atom stereocenters. The summed E-state index contributed by atoms with van der Waals surface area (Å²) in [6.45, 7) is 2.56. The Morgan fingerprint density at radius 1 is 1.90 bits per heavy atom. The third-order valence-corrected chi connectivity index (χ3v) is 3.77. The minimum atomic E-state index is -0.127. The number of halogens is 2. The number of hydrogen-bond donors (Lipinski definition) is 0. The summed E-state index contributed by atoms with van der Waals surface area (Å²) in [7, 11) is 0. The maximum absolute atomic E-state index is 5.88. The van der Waals surface area contributed by atoms with Crippen molar-refractivity contribution < 1.29 is 0 Å². The van der Waals surface area contributed by atoms with Crippen LogP contribution in [-0.4, -0.2) is 21.5 Å². The van der Waals surface area contributed by atoms with Gasteiger partial charge in [0, 0.05) is 6.21 Å². The SMILES string of the molecule is CCC1(I)C=NCN=C1Cl. The van der Waals surface area contributed by atoms with E-state index in [-0.39, 0.29) is 3.42 Å². The summed E-state index contributed by atoms with van der Waals surface area (Å²) >= 11 is 8.14. The average Bonchev–Trinajstić information content (AvgIpc) is 1.96. The molecule has 0 aromatic heterocycles. The first-order valence-corrected chi connectivity index (χ1v) is 4.55. The molecule has 10 heavy (non-hydrogen) atoms. The lowest BCUT2D eigenvalue weighted by Crippen LogP contribution is -2.31. The fourth-order valence-electron chi connectivity index (χ4n) is 0.710. The Labute approximate surface area is 78.9 Å². The van der Waals surface area contributed by atoms with Crippen LogP contribution in [0.3, 0.4) is 0 Å². The van der Waals surface area contributed by atoms with Crippen LogP contribution in [0, 0.1) is 0 Å². The molecule has 0 aromatic rings. The van der Waals surface area contributed by atoms with Crippen molar-refractivity contribution in [3.8, 4) is 0 Å². The van der Waals surface area contributed by atoms with Crippen LogP contribution in [-0.2, 0) is 0 Å². The third-order valence-electron chi connectivity index (χ3n) is 1.44. The number of aliphatic imine (C=N–C) groups is 2. The van der Waals surface area contributed by atoms with Crippen molar-refractivity contribution in [2.24, 2.45) is 9.98 Å². The Kier molecular flexibility index (Phi) is 2.68. The summed E-state index contributed by atoms with van der Waals surface area (Å²) < 4.78 is -0.127. The van der Waals surface area contributed by atoms with Crippen molar-refractivity contribution in [1.29, 1.82) is 0 Å². The molecule has 2 nitrogen and oxygen atoms in total. The van der Waals surface area contributed by atoms with E-state index >= 15 is 0 Å². The Hall–Kier alpha value is 0.360. The fourth-order valence-corrected chi connectivity index (χ4v) is 1.31. The first kappa shape index (κ1) is 8.46. The van der Waals surface area contributed by atoms with Crippen LogP contribution >= 0.6 is 34.2 Å². The molecule has 1 aliphatic heterocycles. The van der Waals surface area contributed by atoms with Crippen LogP contribution < -0.4 is 0 Å². The Balaban J connectivity index is 2.83. The van der Waals surface area contributed by atoms with Gasteiger partial charge in [0.05, 0.1) is 0 Å². The highest BCUT2D eigenvalue weighted by Crippen LogP contribution is 2.26. The van der Waals surface area contributed by atoms with Crippen molar-refractivity contribution in [3.63, 3.8) is 0 Å². The van der Waals surface area contributed by atoms with Gasteiger partial charge in [-0.3, -0.25) is 9.98 Å². The normalized spacial score (nSPS) is 32.1. The first-order chi connectivity index (χ1) is 4.69. The molecule has 0 amide bonds. The number of alkyl halides is 1. The van der Waals surface area contributed by atoms with Crippen molar-refractivity contribution in [2.45, 2.75) is 16.8 Å². The van der Waals surface area contributed by atoms with Crippen molar-refractivity contribution >= 4 is 45.6 Å². The van der Waals surface area contributed by atoms with E-state index in [1.54, 1.807) is 0 Å². The topological polar surface area (TPSA) is 24.7 Å². The molecule has 0 radical (unpaired) electrons. The zero-order valence-electron chi connectivity index (χ0n) is 5.64. The molecule has 56 valence electrons. The van der Waals surface area contributed by atoms with Crippen LogP contribution in [0.2, 0.25) is 0 Å². The van der Waals surface area contributed by atoms with Gasteiger partial charge in [-0.15, -0.1) is 0 Å². The van der Waals surface area contributed by atoms with E-state index in [1.165, 1.54) is 0 Å². The van der Waals surface area contributed by atoms with Gasteiger partial charge < -0.3 is 0 Å². The van der Waals surface area contributed by atoms with Crippen LogP contribution in [0.4, 0.5) is 0 Å². The van der Waals surface area contributed by atoms with Gasteiger partial charge in [-0.25, -0.2) is 0 Å². The second-order valence-corrected chi connectivity index (χ2v) is 4.40. The van der Waals surface area contributed by atoms with Gasteiger partial charge in [-0.2, -0.15) is 0 Å². The molecular formula is C6H8ClIN2. The molecule has 0 saturated heterocycles. The smallest absolute Gasteiger partial charge is 0.130 e. The van der Waals surface area contributed by atoms with Crippen molar-refractivity contribution in [1.82, 2.24) is 0 Å². The molecule has 1 rings (SSSR count). The lowest BCUT2D eigenvalue weighted by Gasteiger charge is -2.21. The standard InChI is InChI=1S/C6H8ClIN2/c1-2-6(8)3-9-4-10-5(6)7/h3H,2,4H2,1H3. The Morgan fingerprint density at radius 2 is 2.60 bits per heavy atom. The van der Waals surface area contributed by atoms with Crippen LogP contribution in [0.25, 0.3) is 0 Å². The molecule has 4 heteroatoms. The van der Waals surface area contributed by atoms with E-state index in [4.69, 9.17) is 11.6 Å². The van der Waals surface area contributed by atoms with E-state index in [0.717, 1.165) is 6.42 Å². The number of rotatable bonds is 1. The lowest BCUT2D eigenvalue weighted by molar-refractivity contribution is 0.912. The predicted molar refractivity (Wildman–Crippen MR) is 53.7 cm³/mol. The molecular weight excluding hydrogens is 262 g/mol. The zero-order valence-corrected chi connectivity index (χ0v) is 8.56. The highest BCUT2D eigenvalue weighted by Gasteiger charge is 2.29. The largest absolute Gasteiger partial charge is 0.272 e. The Bertz CT molecular complexity index is 190. The van der Waals surface area contributed by atoms with Gasteiger partial charge in [-0.05, 0) is 6.42 Å². The molecule has 0 N–H and O–H groups in total. The van der Waals surface area contributed by atoms with E-state index in [0.29, 0.717) is 11.8 Å². The summed E-state index contributed by atoms with van der Waals surface area (Å²) in [4.78, 5) is 8.08. The summed E-state index contributed by atoms with van der Waals surface area (Å²) in [6, 6.07) is 0.